The van der Waals surface area contributed by atoms with Crippen molar-refractivity contribution in [3.8, 4) is 6.07 Å². The first-order valence-corrected chi connectivity index (χ1v) is 7.21. The van der Waals surface area contributed by atoms with E-state index in [-0.39, 0.29) is 5.91 Å². The van der Waals surface area contributed by atoms with Gasteiger partial charge in [0, 0.05) is 16.6 Å². The van der Waals surface area contributed by atoms with Gasteiger partial charge in [-0.2, -0.15) is 5.26 Å². The lowest BCUT2D eigenvalue weighted by Gasteiger charge is -2.08. The summed E-state index contributed by atoms with van der Waals surface area (Å²) in [5.74, 6) is -0.0720. The fourth-order valence-corrected chi connectivity index (χ4v) is 2.32. The van der Waals surface area contributed by atoms with Crippen LogP contribution in [-0.4, -0.2) is 5.91 Å². The second-order valence-electron chi connectivity index (χ2n) is 4.60. The van der Waals surface area contributed by atoms with E-state index in [0.717, 1.165) is 5.56 Å². The fourth-order valence-electron chi connectivity index (χ4n) is 1.84. The molecule has 0 heterocycles. The van der Waals surface area contributed by atoms with E-state index in [1.807, 2.05) is 30.3 Å². The number of carbonyl (C=O) groups excluding carboxylic acids is 1. The molecule has 0 saturated heterocycles. The second-order valence-corrected chi connectivity index (χ2v) is 5.45. The van der Waals surface area contributed by atoms with Crippen molar-refractivity contribution >= 4 is 33.2 Å². The predicted molar refractivity (Wildman–Crippen MR) is 86.7 cm³/mol. The molecule has 4 nitrogen and oxygen atoms in total. The largest absolute Gasteiger partial charge is 0.399 e. The average Bonchev–Trinajstić information content (AvgIpc) is 2.48. The Morgan fingerprint density at radius 1 is 1.24 bits per heavy atom. The molecular formula is C16H14BrN3O. The summed E-state index contributed by atoms with van der Waals surface area (Å²) >= 11 is 3.34. The number of nitriles is 1. The number of amides is 1. The third kappa shape index (κ3) is 4.33. The maximum atomic E-state index is 11.9. The van der Waals surface area contributed by atoms with Crippen LogP contribution in [0.1, 0.15) is 17.5 Å². The zero-order valence-electron chi connectivity index (χ0n) is 11.3. The number of hydrogen-bond acceptors (Lipinski definition) is 3. The molecule has 0 saturated carbocycles. The van der Waals surface area contributed by atoms with E-state index in [9.17, 15) is 4.79 Å². The van der Waals surface area contributed by atoms with Crippen molar-refractivity contribution < 1.29 is 4.79 Å². The van der Waals surface area contributed by atoms with Gasteiger partial charge in [0.05, 0.1) is 17.3 Å². The van der Waals surface area contributed by atoms with E-state index in [1.165, 1.54) is 0 Å². The third-order valence-corrected chi connectivity index (χ3v) is 3.65. The summed E-state index contributed by atoms with van der Waals surface area (Å²) in [5.41, 5.74) is 8.60. The number of hydrogen-bond donors (Lipinski definition) is 2. The van der Waals surface area contributed by atoms with Crippen LogP contribution in [0.4, 0.5) is 11.4 Å². The molecule has 0 radical (unpaired) electrons. The summed E-state index contributed by atoms with van der Waals surface area (Å²) in [7, 11) is 0. The number of nitrogen functional groups attached to an aromatic ring is 1. The highest BCUT2D eigenvalue weighted by atomic mass is 79.9. The first kappa shape index (κ1) is 15.1. The molecule has 1 amide bonds. The number of carbonyl (C=O) groups is 1. The molecule has 0 aliphatic rings. The minimum Gasteiger partial charge on any atom is -0.399 e. The van der Waals surface area contributed by atoms with Gasteiger partial charge in [-0.25, -0.2) is 0 Å². The Balaban J connectivity index is 1.93. The molecule has 0 fully saturated rings. The van der Waals surface area contributed by atoms with Gasteiger partial charge in [0.1, 0.15) is 0 Å². The van der Waals surface area contributed by atoms with Gasteiger partial charge in [-0.05, 0) is 58.2 Å². The molecule has 0 aliphatic heterocycles. The van der Waals surface area contributed by atoms with Crippen LogP contribution in [0.25, 0.3) is 0 Å². The normalized spacial score (nSPS) is 9.90. The molecular weight excluding hydrogens is 330 g/mol. The van der Waals surface area contributed by atoms with Crippen molar-refractivity contribution in [2.45, 2.75) is 12.8 Å². The van der Waals surface area contributed by atoms with Crippen LogP contribution in [0, 0.1) is 11.3 Å². The Labute approximate surface area is 131 Å². The van der Waals surface area contributed by atoms with Gasteiger partial charge in [0.2, 0.25) is 5.91 Å². The topological polar surface area (TPSA) is 78.9 Å². The molecule has 5 heteroatoms. The molecule has 0 spiro atoms. The Bertz CT molecular complexity index is 690. The molecule has 0 bridgehead atoms. The minimum atomic E-state index is -0.0720. The van der Waals surface area contributed by atoms with E-state index >= 15 is 0 Å². The lowest BCUT2D eigenvalue weighted by atomic mass is 10.1. The van der Waals surface area contributed by atoms with Gasteiger partial charge in [-0.15, -0.1) is 0 Å². The summed E-state index contributed by atoms with van der Waals surface area (Å²) in [6, 6.07) is 14.6. The minimum absolute atomic E-state index is 0.0720. The molecule has 2 aromatic rings. The zero-order chi connectivity index (χ0) is 15.2. The maximum Gasteiger partial charge on any atom is 0.224 e. The number of anilines is 2. The SMILES string of the molecule is N#Cc1ccc(NC(=O)CCc2ccc(N)cc2)c(Br)c1. The first-order chi connectivity index (χ1) is 10.1. The Hall–Kier alpha value is -2.32. The van der Waals surface area contributed by atoms with E-state index in [0.29, 0.717) is 34.3 Å². The lowest BCUT2D eigenvalue weighted by Crippen LogP contribution is -2.12. The first-order valence-electron chi connectivity index (χ1n) is 6.42. The number of nitrogens with zero attached hydrogens (tertiary/aromatic N) is 1. The fraction of sp³-hybridized carbons (Fsp3) is 0.125. The number of nitrogens with two attached hydrogens (primary N) is 1. The number of benzene rings is 2. The highest BCUT2D eigenvalue weighted by Crippen LogP contribution is 2.23. The van der Waals surface area contributed by atoms with Gasteiger partial charge in [0.25, 0.3) is 0 Å². The number of halogens is 1. The summed E-state index contributed by atoms with van der Waals surface area (Å²) < 4.78 is 0.697. The van der Waals surface area contributed by atoms with Gasteiger partial charge < -0.3 is 11.1 Å². The van der Waals surface area contributed by atoms with Crippen molar-refractivity contribution in [3.05, 3.63) is 58.1 Å². The summed E-state index contributed by atoms with van der Waals surface area (Å²) in [6.07, 6.45) is 1.04. The van der Waals surface area contributed by atoms with Crippen LogP contribution in [0.15, 0.2) is 46.9 Å². The van der Waals surface area contributed by atoms with Crippen LogP contribution in [0.3, 0.4) is 0 Å². The van der Waals surface area contributed by atoms with E-state index in [2.05, 4.69) is 21.2 Å². The summed E-state index contributed by atoms with van der Waals surface area (Å²) in [6.45, 7) is 0. The van der Waals surface area contributed by atoms with Crippen molar-refractivity contribution in [3.63, 3.8) is 0 Å². The highest BCUT2D eigenvalue weighted by molar-refractivity contribution is 9.10. The summed E-state index contributed by atoms with van der Waals surface area (Å²) in [5, 5.41) is 11.6. The van der Waals surface area contributed by atoms with Gasteiger partial charge in [0.15, 0.2) is 0 Å². The van der Waals surface area contributed by atoms with Crippen molar-refractivity contribution in [1.82, 2.24) is 0 Å². The summed E-state index contributed by atoms with van der Waals surface area (Å²) in [4.78, 5) is 11.9. The molecule has 21 heavy (non-hydrogen) atoms. The van der Waals surface area contributed by atoms with Crippen LogP contribution in [0.2, 0.25) is 0 Å². The van der Waals surface area contributed by atoms with Gasteiger partial charge in [-0.1, -0.05) is 12.1 Å². The lowest BCUT2D eigenvalue weighted by molar-refractivity contribution is -0.116. The molecule has 2 rings (SSSR count). The van der Waals surface area contributed by atoms with E-state index in [4.69, 9.17) is 11.0 Å². The van der Waals surface area contributed by atoms with E-state index < -0.39 is 0 Å². The standard InChI is InChI=1S/C16H14BrN3O/c17-14-9-12(10-18)3-7-15(14)20-16(21)8-4-11-1-5-13(19)6-2-11/h1-3,5-7,9H,4,8,19H2,(H,20,21). The maximum absolute atomic E-state index is 11.9. The molecule has 106 valence electrons. The molecule has 2 aromatic carbocycles. The van der Waals surface area contributed by atoms with Gasteiger partial charge in [-0.3, -0.25) is 4.79 Å². The van der Waals surface area contributed by atoms with Crippen LogP contribution in [0.5, 0.6) is 0 Å². The predicted octanol–water partition coefficient (Wildman–Crippen LogP) is 3.47. The van der Waals surface area contributed by atoms with Crippen molar-refractivity contribution in [2.24, 2.45) is 0 Å². The Morgan fingerprint density at radius 3 is 2.57 bits per heavy atom. The second kappa shape index (κ2) is 6.91. The molecule has 0 atom stereocenters. The van der Waals surface area contributed by atoms with Crippen molar-refractivity contribution in [1.29, 1.82) is 5.26 Å². The van der Waals surface area contributed by atoms with Crippen LogP contribution >= 0.6 is 15.9 Å². The Morgan fingerprint density at radius 2 is 1.95 bits per heavy atom. The smallest absolute Gasteiger partial charge is 0.224 e. The molecule has 0 aromatic heterocycles. The highest BCUT2D eigenvalue weighted by Gasteiger charge is 2.07. The zero-order valence-corrected chi connectivity index (χ0v) is 12.9. The number of aryl methyl sites for hydroxylation is 1. The third-order valence-electron chi connectivity index (χ3n) is 2.99. The monoisotopic (exact) mass is 343 g/mol. The number of nitrogens with one attached hydrogen (secondary N) is 1. The number of rotatable bonds is 4. The molecule has 0 unspecified atom stereocenters. The molecule has 3 N–H and O–H groups in total. The Kier molecular flexibility index (Phi) is 4.96. The molecule has 0 aliphatic carbocycles. The van der Waals surface area contributed by atoms with Gasteiger partial charge >= 0.3 is 0 Å². The van der Waals surface area contributed by atoms with Crippen molar-refractivity contribution in [2.75, 3.05) is 11.1 Å². The van der Waals surface area contributed by atoms with Crippen LogP contribution < -0.4 is 11.1 Å². The quantitative estimate of drug-likeness (QED) is 0.834. The van der Waals surface area contributed by atoms with E-state index in [1.54, 1.807) is 18.2 Å². The van der Waals surface area contributed by atoms with Crippen LogP contribution in [-0.2, 0) is 11.2 Å². The average molecular weight is 344 g/mol.